The highest BCUT2D eigenvalue weighted by Crippen LogP contribution is 2.40. The summed E-state index contributed by atoms with van der Waals surface area (Å²) in [5.74, 6) is 0. The third-order valence-corrected chi connectivity index (χ3v) is 13.1. The van der Waals surface area contributed by atoms with E-state index in [-0.39, 0.29) is 42.2 Å². The molecule has 1 N–H and O–H groups in total. The number of hydrogen-bond acceptors (Lipinski definition) is 4. The Hall–Kier alpha value is 0.0569. The second-order valence-electron chi connectivity index (χ2n) is 12.6. The minimum absolute atomic E-state index is 0.00711. The first-order chi connectivity index (χ1) is 16.2. The molecule has 0 radical (unpaired) electrons. The van der Waals surface area contributed by atoms with Crippen molar-refractivity contribution in [3.8, 4) is 0 Å². The molecule has 0 saturated carbocycles. The molecule has 2 aliphatic heterocycles. The maximum atomic E-state index is 9.54. The van der Waals surface area contributed by atoms with Gasteiger partial charge in [-0.2, -0.15) is 0 Å². The maximum Gasteiger partial charge on any atom is 0.192 e. The van der Waals surface area contributed by atoms with Crippen molar-refractivity contribution in [1.82, 2.24) is 0 Å². The SMILES string of the molecule is CCCCCCCCCCCC[C@@H](O[Si](C)(C)C(C)(C)C)[C@H]1CC[C@H]([C@H]2CCC[C@@H](CO)O2)O1. The van der Waals surface area contributed by atoms with Crippen LogP contribution >= 0.6 is 0 Å². The Kier molecular flexibility index (Phi) is 13.7. The van der Waals surface area contributed by atoms with E-state index in [1.54, 1.807) is 0 Å². The number of rotatable bonds is 16. The molecular weight excluding hydrogens is 440 g/mol. The Labute approximate surface area is 213 Å². The molecule has 0 aliphatic carbocycles. The molecule has 0 unspecified atom stereocenters. The molecule has 2 heterocycles. The minimum Gasteiger partial charge on any atom is -0.411 e. The lowest BCUT2D eigenvalue weighted by atomic mass is 9.98. The van der Waals surface area contributed by atoms with Gasteiger partial charge in [0.1, 0.15) is 0 Å². The van der Waals surface area contributed by atoms with Crippen LogP contribution in [0.15, 0.2) is 0 Å². The van der Waals surface area contributed by atoms with E-state index < -0.39 is 8.32 Å². The van der Waals surface area contributed by atoms with Crippen LogP contribution in [-0.2, 0) is 13.9 Å². The van der Waals surface area contributed by atoms with E-state index in [4.69, 9.17) is 13.9 Å². The second-order valence-corrected chi connectivity index (χ2v) is 17.3. The van der Waals surface area contributed by atoms with E-state index >= 15 is 0 Å². The lowest BCUT2D eigenvalue weighted by Gasteiger charge is -2.41. The summed E-state index contributed by atoms with van der Waals surface area (Å²) in [4.78, 5) is 0. The molecule has 2 rings (SSSR count). The summed E-state index contributed by atoms with van der Waals surface area (Å²) >= 11 is 0. The van der Waals surface area contributed by atoms with E-state index in [2.05, 4.69) is 40.8 Å². The monoisotopic (exact) mass is 498 g/mol. The zero-order valence-corrected chi connectivity index (χ0v) is 24.6. The van der Waals surface area contributed by atoms with Crippen molar-refractivity contribution in [2.75, 3.05) is 6.61 Å². The van der Waals surface area contributed by atoms with E-state index in [1.165, 1.54) is 64.2 Å². The van der Waals surface area contributed by atoms with Gasteiger partial charge in [-0.05, 0) is 56.7 Å². The molecule has 0 aromatic heterocycles. The van der Waals surface area contributed by atoms with Crippen LogP contribution in [0.1, 0.15) is 130 Å². The fraction of sp³-hybridized carbons (Fsp3) is 1.00. The zero-order valence-electron chi connectivity index (χ0n) is 23.6. The quantitative estimate of drug-likeness (QED) is 0.172. The number of unbranched alkanes of at least 4 members (excludes halogenated alkanes) is 9. The molecule has 0 bridgehead atoms. The molecule has 5 atom stereocenters. The van der Waals surface area contributed by atoms with Crippen LogP contribution in [0, 0.1) is 0 Å². The molecule has 2 saturated heterocycles. The molecule has 5 heteroatoms. The predicted octanol–water partition coefficient (Wildman–Crippen LogP) is 8.17. The van der Waals surface area contributed by atoms with Crippen LogP contribution < -0.4 is 0 Å². The van der Waals surface area contributed by atoms with Gasteiger partial charge in [0.25, 0.3) is 0 Å². The van der Waals surface area contributed by atoms with Gasteiger partial charge in [-0.25, -0.2) is 0 Å². The summed E-state index contributed by atoms with van der Waals surface area (Å²) in [7, 11) is -1.86. The van der Waals surface area contributed by atoms with Crippen LogP contribution in [0.2, 0.25) is 18.1 Å². The summed E-state index contributed by atoms with van der Waals surface area (Å²) in [6.07, 6.45) is 20.8. The number of aliphatic hydroxyl groups is 1. The van der Waals surface area contributed by atoms with Gasteiger partial charge < -0.3 is 19.0 Å². The van der Waals surface area contributed by atoms with Gasteiger partial charge in [0.15, 0.2) is 8.32 Å². The molecule has 0 spiro atoms. The fourth-order valence-corrected chi connectivity index (χ4v) is 6.66. The highest BCUT2D eigenvalue weighted by Gasteiger charge is 2.44. The van der Waals surface area contributed by atoms with Crippen molar-refractivity contribution >= 4 is 8.32 Å². The third kappa shape index (κ3) is 10.2. The highest BCUT2D eigenvalue weighted by atomic mass is 28.4. The summed E-state index contributed by atoms with van der Waals surface area (Å²) in [5, 5.41) is 9.75. The number of aliphatic hydroxyl groups excluding tert-OH is 1. The van der Waals surface area contributed by atoms with Gasteiger partial charge in [0.2, 0.25) is 0 Å². The van der Waals surface area contributed by atoms with Gasteiger partial charge in [0.05, 0.1) is 37.1 Å². The van der Waals surface area contributed by atoms with Gasteiger partial charge in [-0.3, -0.25) is 0 Å². The van der Waals surface area contributed by atoms with Gasteiger partial charge in [-0.15, -0.1) is 0 Å². The zero-order chi connectivity index (χ0) is 25.0. The standard InChI is InChI=1S/C29H58O4Si/c1-7-8-9-10-11-12-13-14-15-16-19-28(33-34(5,6)29(2,3)4)27-22-21-26(32-27)25-20-17-18-24(23-30)31-25/h24-28,30H,7-23H2,1-6H3/t24-,25+,26+,27+,28+/m0/s1. The molecule has 2 aliphatic rings. The van der Waals surface area contributed by atoms with E-state index in [0.29, 0.717) is 0 Å². The van der Waals surface area contributed by atoms with E-state index in [0.717, 1.165) is 38.5 Å². The fourth-order valence-electron chi connectivity index (χ4n) is 5.28. The molecular formula is C29H58O4Si. The number of ether oxygens (including phenoxy) is 2. The van der Waals surface area contributed by atoms with Crippen LogP contribution in [-0.4, -0.2) is 50.6 Å². The van der Waals surface area contributed by atoms with Crippen LogP contribution in [0.25, 0.3) is 0 Å². The summed E-state index contributed by atoms with van der Waals surface area (Å²) < 4.78 is 19.8. The molecule has 0 aromatic carbocycles. The minimum atomic E-state index is -1.86. The summed E-state index contributed by atoms with van der Waals surface area (Å²) in [6.45, 7) is 14.2. The average Bonchev–Trinajstić information content (AvgIpc) is 3.29. The Morgan fingerprint density at radius 3 is 2.00 bits per heavy atom. The molecule has 34 heavy (non-hydrogen) atoms. The Morgan fingerprint density at radius 2 is 1.41 bits per heavy atom. The van der Waals surface area contributed by atoms with Gasteiger partial charge in [-0.1, -0.05) is 91.9 Å². The van der Waals surface area contributed by atoms with Crippen molar-refractivity contribution in [1.29, 1.82) is 0 Å². The van der Waals surface area contributed by atoms with Crippen molar-refractivity contribution in [3.63, 3.8) is 0 Å². The normalized spacial score (nSPS) is 27.3. The Bertz CT molecular complexity index is 533. The van der Waals surface area contributed by atoms with Crippen molar-refractivity contribution in [2.45, 2.75) is 179 Å². The lowest BCUT2D eigenvalue weighted by molar-refractivity contribution is -0.141. The Morgan fingerprint density at radius 1 is 0.824 bits per heavy atom. The highest BCUT2D eigenvalue weighted by molar-refractivity contribution is 6.74. The average molecular weight is 499 g/mol. The predicted molar refractivity (Wildman–Crippen MR) is 146 cm³/mol. The van der Waals surface area contributed by atoms with Gasteiger partial charge in [0, 0.05) is 0 Å². The molecule has 0 amide bonds. The lowest BCUT2D eigenvalue weighted by Crippen LogP contribution is -2.47. The molecule has 4 nitrogen and oxygen atoms in total. The van der Waals surface area contributed by atoms with Crippen LogP contribution in [0.4, 0.5) is 0 Å². The summed E-state index contributed by atoms with van der Waals surface area (Å²) in [6, 6.07) is 0. The molecule has 202 valence electrons. The van der Waals surface area contributed by atoms with E-state index in [9.17, 15) is 5.11 Å². The third-order valence-electron chi connectivity index (χ3n) is 8.59. The molecule has 2 fully saturated rings. The van der Waals surface area contributed by atoms with Crippen LogP contribution in [0.5, 0.6) is 0 Å². The number of hydrogen-bond donors (Lipinski definition) is 1. The van der Waals surface area contributed by atoms with Gasteiger partial charge >= 0.3 is 0 Å². The second kappa shape index (κ2) is 15.3. The largest absolute Gasteiger partial charge is 0.411 e. The molecule has 0 aromatic rings. The van der Waals surface area contributed by atoms with Crippen LogP contribution in [0.3, 0.4) is 0 Å². The smallest absolute Gasteiger partial charge is 0.192 e. The first-order valence-electron chi connectivity index (χ1n) is 14.8. The summed E-state index contributed by atoms with van der Waals surface area (Å²) in [5.41, 5.74) is 0. The Balaban J connectivity index is 1.82. The van der Waals surface area contributed by atoms with Crippen molar-refractivity contribution in [2.24, 2.45) is 0 Å². The first kappa shape index (κ1) is 30.3. The maximum absolute atomic E-state index is 9.54. The van der Waals surface area contributed by atoms with Crippen molar-refractivity contribution in [3.05, 3.63) is 0 Å². The first-order valence-corrected chi connectivity index (χ1v) is 17.7. The van der Waals surface area contributed by atoms with E-state index in [1.807, 2.05) is 0 Å². The van der Waals surface area contributed by atoms with Crippen molar-refractivity contribution < 1.29 is 19.0 Å². The topological polar surface area (TPSA) is 47.9 Å².